The molecule has 2 N–H and O–H groups in total. The molecule has 2 fully saturated rings. The Bertz CT molecular complexity index is 369. The third-order valence-electron chi connectivity index (χ3n) is 4.41. The van der Waals surface area contributed by atoms with Crippen molar-refractivity contribution in [2.75, 3.05) is 24.6 Å². The van der Waals surface area contributed by atoms with E-state index in [0.717, 1.165) is 19.0 Å². The minimum atomic E-state index is -2.90. The van der Waals surface area contributed by atoms with Gasteiger partial charge in [-0.2, -0.15) is 0 Å². The number of nitrogens with two attached hydrogens (primary N) is 1. The van der Waals surface area contributed by atoms with Crippen LogP contribution in [0.5, 0.6) is 0 Å². The number of likely N-dealkylation sites (tertiary alicyclic amines) is 1. The van der Waals surface area contributed by atoms with Gasteiger partial charge in [-0.1, -0.05) is 19.8 Å². The molecule has 0 radical (unpaired) electrons. The Morgan fingerprint density at radius 2 is 2.00 bits per heavy atom. The summed E-state index contributed by atoms with van der Waals surface area (Å²) in [6, 6.07) is -0.117. The van der Waals surface area contributed by atoms with Gasteiger partial charge in [0.15, 0.2) is 9.84 Å². The lowest BCUT2D eigenvalue weighted by Crippen LogP contribution is -2.47. The molecule has 3 atom stereocenters. The highest BCUT2D eigenvalue weighted by atomic mass is 32.2. The summed E-state index contributed by atoms with van der Waals surface area (Å²) in [7, 11) is -2.90. The van der Waals surface area contributed by atoms with Crippen molar-refractivity contribution < 1.29 is 8.42 Å². The first-order chi connectivity index (χ1) is 8.52. The molecule has 4 nitrogen and oxygen atoms in total. The van der Waals surface area contributed by atoms with E-state index in [0.29, 0.717) is 0 Å². The Labute approximate surface area is 111 Å². The monoisotopic (exact) mass is 274 g/mol. The Morgan fingerprint density at radius 1 is 1.22 bits per heavy atom. The number of rotatable bonds is 3. The van der Waals surface area contributed by atoms with E-state index in [-0.39, 0.29) is 23.6 Å². The molecule has 2 rings (SSSR count). The van der Waals surface area contributed by atoms with Crippen LogP contribution >= 0.6 is 0 Å². The molecule has 2 heterocycles. The van der Waals surface area contributed by atoms with Crippen LogP contribution < -0.4 is 5.73 Å². The molecule has 0 spiro atoms. The van der Waals surface area contributed by atoms with Crippen LogP contribution in [0, 0.1) is 5.92 Å². The van der Waals surface area contributed by atoms with Gasteiger partial charge in [0.05, 0.1) is 11.5 Å². The van der Waals surface area contributed by atoms with Crippen molar-refractivity contribution >= 4 is 9.84 Å². The van der Waals surface area contributed by atoms with E-state index in [9.17, 15) is 8.42 Å². The highest BCUT2D eigenvalue weighted by Gasteiger charge is 2.39. The van der Waals surface area contributed by atoms with Crippen molar-refractivity contribution in [3.8, 4) is 0 Å². The van der Waals surface area contributed by atoms with Gasteiger partial charge < -0.3 is 5.73 Å². The summed E-state index contributed by atoms with van der Waals surface area (Å²) in [5, 5.41) is 0. The fourth-order valence-corrected chi connectivity index (χ4v) is 5.37. The molecule has 0 aliphatic carbocycles. The number of nitrogens with zero attached hydrogens (tertiary/aromatic N) is 1. The first kappa shape index (κ1) is 14.3. The smallest absolute Gasteiger partial charge is 0.153 e. The van der Waals surface area contributed by atoms with Crippen LogP contribution in [0.2, 0.25) is 0 Å². The van der Waals surface area contributed by atoms with Crippen LogP contribution in [0.4, 0.5) is 0 Å². The van der Waals surface area contributed by atoms with Crippen molar-refractivity contribution in [3.05, 3.63) is 0 Å². The highest BCUT2D eigenvalue weighted by Crippen LogP contribution is 2.25. The van der Waals surface area contributed by atoms with Gasteiger partial charge in [0, 0.05) is 12.1 Å². The van der Waals surface area contributed by atoms with Crippen LogP contribution in [0.1, 0.15) is 39.0 Å². The fraction of sp³-hybridized carbons (Fsp3) is 1.00. The second-order valence-corrected chi connectivity index (χ2v) is 8.08. The summed E-state index contributed by atoms with van der Waals surface area (Å²) in [4.78, 5) is 2.34. The summed E-state index contributed by atoms with van der Waals surface area (Å²) in [6.45, 7) is 4.29. The summed E-state index contributed by atoms with van der Waals surface area (Å²) in [5.41, 5.74) is 6.01. The van der Waals surface area contributed by atoms with E-state index in [1.165, 1.54) is 32.1 Å². The zero-order valence-corrected chi connectivity index (χ0v) is 12.2. The Morgan fingerprint density at radius 3 is 2.61 bits per heavy atom. The van der Waals surface area contributed by atoms with Crippen molar-refractivity contribution in [2.45, 2.75) is 51.1 Å². The molecule has 3 unspecified atom stereocenters. The number of hydrogen-bond donors (Lipinski definition) is 1. The van der Waals surface area contributed by atoms with Gasteiger partial charge in [-0.3, -0.25) is 4.90 Å². The number of hydrogen-bond acceptors (Lipinski definition) is 4. The molecule has 2 aliphatic heterocycles. The number of sulfone groups is 1. The second-order valence-electron chi connectivity index (χ2n) is 5.93. The van der Waals surface area contributed by atoms with E-state index in [2.05, 4.69) is 11.8 Å². The second kappa shape index (κ2) is 5.88. The van der Waals surface area contributed by atoms with E-state index in [1.807, 2.05) is 0 Å². The molecule has 0 bridgehead atoms. The van der Waals surface area contributed by atoms with Crippen molar-refractivity contribution in [1.29, 1.82) is 0 Å². The maximum absolute atomic E-state index is 11.6. The quantitative estimate of drug-likeness (QED) is 0.834. The maximum Gasteiger partial charge on any atom is 0.153 e. The minimum Gasteiger partial charge on any atom is -0.325 e. The fourth-order valence-electron chi connectivity index (χ4n) is 3.45. The van der Waals surface area contributed by atoms with Crippen LogP contribution in [0.3, 0.4) is 0 Å². The van der Waals surface area contributed by atoms with Gasteiger partial charge >= 0.3 is 0 Å². The summed E-state index contributed by atoms with van der Waals surface area (Å²) in [6.07, 6.45) is 6.24. The zero-order valence-electron chi connectivity index (χ0n) is 11.3. The third kappa shape index (κ3) is 3.45. The standard InChI is InChI=1S/C13H26N2O2S/c1-2-4-11-5-3-7-15(8-6-11)13-10-18(16,17)9-12(13)14/h11-13H,2-10,14H2,1H3. The average Bonchev–Trinajstić information content (AvgIpc) is 2.49. The minimum absolute atomic E-state index is 0.0652. The van der Waals surface area contributed by atoms with Gasteiger partial charge in [0.25, 0.3) is 0 Å². The van der Waals surface area contributed by atoms with Crippen LogP contribution in [0.15, 0.2) is 0 Å². The van der Waals surface area contributed by atoms with Crippen LogP contribution in [-0.2, 0) is 9.84 Å². The van der Waals surface area contributed by atoms with E-state index < -0.39 is 9.84 Å². The van der Waals surface area contributed by atoms with Gasteiger partial charge in [0.2, 0.25) is 0 Å². The lowest BCUT2D eigenvalue weighted by atomic mass is 9.96. The Hall–Kier alpha value is -0.130. The van der Waals surface area contributed by atoms with E-state index >= 15 is 0 Å². The molecule has 18 heavy (non-hydrogen) atoms. The summed E-state index contributed by atoms with van der Waals surface area (Å²) in [5.74, 6) is 1.27. The molecule has 0 aromatic rings. The summed E-state index contributed by atoms with van der Waals surface area (Å²) < 4.78 is 23.3. The molecule has 0 saturated carbocycles. The largest absolute Gasteiger partial charge is 0.325 e. The SMILES string of the molecule is CCCC1CCCN(C2CS(=O)(=O)CC2N)CC1. The molecule has 2 saturated heterocycles. The van der Waals surface area contributed by atoms with Crippen molar-refractivity contribution in [3.63, 3.8) is 0 Å². The van der Waals surface area contributed by atoms with E-state index in [4.69, 9.17) is 5.73 Å². The van der Waals surface area contributed by atoms with Gasteiger partial charge in [-0.05, 0) is 38.3 Å². The molecule has 5 heteroatoms. The first-order valence-electron chi connectivity index (χ1n) is 7.22. The molecular formula is C13H26N2O2S. The predicted octanol–water partition coefficient (Wildman–Crippen LogP) is 1.01. The van der Waals surface area contributed by atoms with Gasteiger partial charge in [-0.25, -0.2) is 8.42 Å². The first-order valence-corrected chi connectivity index (χ1v) is 9.04. The molecular weight excluding hydrogens is 248 g/mol. The molecule has 2 aliphatic rings. The van der Waals surface area contributed by atoms with Gasteiger partial charge in [0.1, 0.15) is 0 Å². The summed E-state index contributed by atoms with van der Waals surface area (Å²) >= 11 is 0. The van der Waals surface area contributed by atoms with Gasteiger partial charge in [-0.15, -0.1) is 0 Å². The molecule has 0 aromatic carbocycles. The zero-order chi connectivity index (χ0) is 13.2. The van der Waals surface area contributed by atoms with Crippen molar-refractivity contribution in [2.24, 2.45) is 11.7 Å². The van der Waals surface area contributed by atoms with Crippen LogP contribution in [0.25, 0.3) is 0 Å². The Kier molecular flexibility index (Phi) is 4.67. The van der Waals surface area contributed by atoms with Crippen molar-refractivity contribution in [1.82, 2.24) is 4.90 Å². The molecule has 0 aromatic heterocycles. The normalized spacial score (nSPS) is 37.6. The molecule has 0 amide bonds. The highest BCUT2D eigenvalue weighted by molar-refractivity contribution is 7.91. The average molecular weight is 274 g/mol. The molecule has 106 valence electrons. The Balaban J connectivity index is 1.94. The predicted molar refractivity (Wildman–Crippen MR) is 74.2 cm³/mol. The lowest BCUT2D eigenvalue weighted by molar-refractivity contribution is 0.203. The topological polar surface area (TPSA) is 63.4 Å². The van der Waals surface area contributed by atoms with Crippen LogP contribution in [-0.4, -0.2) is 50.0 Å². The third-order valence-corrected chi connectivity index (χ3v) is 6.16. The van der Waals surface area contributed by atoms with E-state index in [1.54, 1.807) is 0 Å². The lowest BCUT2D eigenvalue weighted by Gasteiger charge is -2.29. The maximum atomic E-state index is 11.6.